The molecule has 1 aromatic heterocycles. The van der Waals surface area contributed by atoms with Crippen LogP contribution in [-0.4, -0.2) is 33.8 Å². The van der Waals surface area contributed by atoms with E-state index in [9.17, 15) is 31.7 Å². The van der Waals surface area contributed by atoms with Crippen molar-refractivity contribution < 1.29 is 26.5 Å². The molecule has 0 saturated heterocycles. The maximum atomic E-state index is 12.7. The molecule has 158 valence electrons. The van der Waals surface area contributed by atoms with Crippen LogP contribution in [0.25, 0.3) is 5.69 Å². The van der Waals surface area contributed by atoms with Crippen LogP contribution in [-0.2, 0) is 9.84 Å². The first-order valence-electron chi connectivity index (χ1n) is 8.34. The molecule has 9 nitrogen and oxygen atoms in total. The molecule has 0 fully saturated rings. The van der Waals surface area contributed by atoms with Gasteiger partial charge in [0.1, 0.15) is 11.4 Å². The van der Waals surface area contributed by atoms with E-state index in [1.165, 1.54) is 4.68 Å². The number of nitrogens with one attached hydrogen (secondary N) is 1. The summed E-state index contributed by atoms with van der Waals surface area (Å²) in [6.45, 7) is 1.61. The first-order valence-corrected chi connectivity index (χ1v) is 9.83. The Morgan fingerprint density at radius 2 is 1.83 bits per heavy atom. The Morgan fingerprint density at radius 1 is 1.17 bits per heavy atom. The van der Waals surface area contributed by atoms with E-state index in [-0.39, 0.29) is 5.69 Å². The number of sulfone groups is 1. The normalized spacial score (nSPS) is 13.1. The molecule has 0 amide bonds. The van der Waals surface area contributed by atoms with E-state index in [2.05, 4.69) is 15.6 Å². The van der Waals surface area contributed by atoms with Crippen LogP contribution in [0.5, 0.6) is 0 Å². The molecular weight excluding hydrogens is 427 g/mol. The van der Waals surface area contributed by atoms with E-state index < -0.39 is 36.9 Å². The molecule has 3 rings (SSSR count). The molecular formula is C17H14F3N5O4S. The molecule has 3 aromatic rings. The lowest BCUT2D eigenvalue weighted by Crippen LogP contribution is -2.23. The largest absolute Gasteiger partial charge is 0.501 e. The summed E-state index contributed by atoms with van der Waals surface area (Å²) in [6, 6.07) is 10.3. The van der Waals surface area contributed by atoms with Gasteiger partial charge in [0.05, 0.1) is 27.7 Å². The van der Waals surface area contributed by atoms with E-state index >= 15 is 0 Å². The van der Waals surface area contributed by atoms with Crippen molar-refractivity contribution in [2.45, 2.75) is 23.4 Å². The second-order valence-electron chi connectivity index (χ2n) is 6.17. The summed E-state index contributed by atoms with van der Waals surface area (Å²) in [5, 5.41) is 22.0. The van der Waals surface area contributed by atoms with E-state index in [0.717, 1.165) is 11.8 Å². The predicted octanol–water partition coefficient (Wildman–Crippen LogP) is 3.64. The highest BCUT2D eigenvalue weighted by molar-refractivity contribution is 7.92. The number of rotatable bonds is 6. The highest BCUT2D eigenvalue weighted by Crippen LogP contribution is 2.35. The van der Waals surface area contributed by atoms with Gasteiger partial charge in [-0.05, 0) is 31.2 Å². The molecule has 0 saturated carbocycles. The average molecular weight is 441 g/mol. The summed E-state index contributed by atoms with van der Waals surface area (Å²) in [5.41, 5.74) is -5.42. The van der Waals surface area contributed by atoms with Gasteiger partial charge in [-0.3, -0.25) is 10.1 Å². The Balaban J connectivity index is 1.89. The number of benzene rings is 2. The van der Waals surface area contributed by atoms with Crippen LogP contribution in [0.3, 0.4) is 0 Å². The molecule has 0 bridgehead atoms. The highest BCUT2D eigenvalue weighted by Gasteiger charge is 2.47. The lowest BCUT2D eigenvalue weighted by atomic mass is 10.2. The SMILES string of the molecule is CC(Nc1ccc(S(=O)(=O)C(F)(F)F)cc1[N+](=O)[O-])c1cn(-c2ccccc2)nn1. The van der Waals surface area contributed by atoms with Crippen LogP contribution in [0.15, 0.2) is 59.6 Å². The fraction of sp³-hybridized carbons (Fsp3) is 0.176. The van der Waals surface area contributed by atoms with Crippen LogP contribution in [0, 0.1) is 10.1 Å². The van der Waals surface area contributed by atoms with E-state index in [4.69, 9.17) is 0 Å². The van der Waals surface area contributed by atoms with Crippen LogP contribution >= 0.6 is 0 Å². The Bertz CT molecular complexity index is 1180. The van der Waals surface area contributed by atoms with Gasteiger partial charge in [-0.1, -0.05) is 23.4 Å². The van der Waals surface area contributed by atoms with Crippen molar-refractivity contribution in [1.82, 2.24) is 15.0 Å². The zero-order valence-corrected chi connectivity index (χ0v) is 16.1. The molecule has 0 radical (unpaired) electrons. The van der Waals surface area contributed by atoms with Crippen LogP contribution in [0.2, 0.25) is 0 Å². The minimum atomic E-state index is -5.72. The lowest BCUT2D eigenvalue weighted by Gasteiger charge is -2.14. The van der Waals surface area contributed by atoms with Gasteiger partial charge < -0.3 is 5.32 Å². The number of hydrogen-bond acceptors (Lipinski definition) is 7. The Kier molecular flexibility index (Phi) is 5.48. The second kappa shape index (κ2) is 7.74. The number of halogens is 3. The zero-order chi connectivity index (χ0) is 22.1. The van der Waals surface area contributed by atoms with Crippen molar-refractivity contribution in [3.8, 4) is 5.69 Å². The molecule has 2 aromatic carbocycles. The minimum Gasteiger partial charge on any atom is -0.371 e. The van der Waals surface area contributed by atoms with Gasteiger partial charge in [-0.15, -0.1) is 5.10 Å². The minimum absolute atomic E-state index is 0.164. The number of nitrogens with zero attached hydrogens (tertiary/aromatic N) is 4. The Hall–Kier alpha value is -3.48. The number of aromatic nitrogens is 3. The Labute approximate surface area is 168 Å². The van der Waals surface area contributed by atoms with Crippen molar-refractivity contribution in [2.24, 2.45) is 0 Å². The van der Waals surface area contributed by atoms with Gasteiger partial charge >= 0.3 is 5.51 Å². The third-order valence-electron chi connectivity index (χ3n) is 4.13. The first kappa shape index (κ1) is 21.2. The summed E-state index contributed by atoms with van der Waals surface area (Å²) < 4.78 is 62.8. The van der Waals surface area contributed by atoms with E-state index in [1.807, 2.05) is 6.07 Å². The summed E-state index contributed by atoms with van der Waals surface area (Å²) in [5.74, 6) is 0. The zero-order valence-electron chi connectivity index (χ0n) is 15.2. The summed E-state index contributed by atoms with van der Waals surface area (Å²) >= 11 is 0. The van der Waals surface area contributed by atoms with Crippen molar-refractivity contribution in [2.75, 3.05) is 5.32 Å². The number of nitro benzene ring substituents is 1. The molecule has 0 aliphatic rings. The van der Waals surface area contributed by atoms with Gasteiger partial charge in [-0.25, -0.2) is 13.1 Å². The van der Waals surface area contributed by atoms with Crippen LogP contribution in [0.1, 0.15) is 18.7 Å². The smallest absolute Gasteiger partial charge is 0.371 e. The second-order valence-corrected chi connectivity index (χ2v) is 8.12. The third-order valence-corrected chi connectivity index (χ3v) is 5.61. The summed E-state index contributed by atoms with van der Waals surface area (Å²) in [7, 11) is -5.72. The number of nitro groups is 1. The molecule has 1 N–H and O–H groups in total. The maximum absolute atomic E-state index is 12.7. The molecule has 1 atom stereocenters. The molecule has 1 heterocycles. The average Bonchev–Trinajstić information content (AvgIpc) is 3.18. The summed E-state index contributed by atoms with van der Waals surface area (Å²) in [4.78, 5) is 9.14. The molecule has 0 aliphatic carbocycles. The van der Waals surface area contributed by atoms with Gasteiger partial charge in [0.2, 0.25) is 0 Å². The number of alkyl halides is 3. The van der Waals surface area contributed by atoms with Crippen molar-refractivity contribution >= 4 is 21.2 Å². The van der Waals surface area contributed by atoms with Crippen LogP contribution < -0.4 is 5.32 Å². The summed E-state index contributed by atoms with van der Waals surface area (Å²) in [6.07, 6.45) is 1.58. The van der Waals surface area contributed by atoms with E-state index in [0.29, 0.717) is 17.8 Å². The molecule has 13 heteroatoms. The van der Waals surface area contributed by atoms with Crippen molar-refractivity contribution in [3.05, 3.63) is 70.5 Å². The van der Waals surface area contributed by atoms with Gasteiger partial charge in [0.25, 0.3) is 15.5 Å². The highest BCUT2D eigenvalue weighted by atomic mass is 32.2. The van der Waals surface area contributed by atoms with Gasteiger partial charge in [-0.2, -0.15) is 13.2 Å². The van der Waals surface area contributed by atoms with Crippen molar-refractivity contribution in [3.63, 3.8) is 0 Å². The number of anilines is 1. The quantitative estimate of drug-likeness (QED) is 0.458. The molecule has 1 unspecified atom stereocenters. The first-order chi connectivity index (χ1) is 14.0. The number of hydrogen-bond donors (Lipinski definition) is 1. The van der Waals surface area contributed by atoms with Crippen LogP contribution in [0.4, 0.5) is 24.5 Å². The predicted molar refractivity (Wildman–Crippen MR) is 99.7 cm³/mol. The van der Waals surface area contributed by atoms with Gasteiger partial charge in [0, 0.05) is 6.07 Å². The van der Waals surface area contributed by atoms with E-state index in [1.54, 1.807) is 37.4 Å². The molecule has 0 aliphatic heterocycles. The Morgan fingerprint density at radius 3 is 2.43 bits per heavy atom. The van der Waals surface area contributed by atoms with Crippen molar-refractivity contribution in [1.29, 1.82) is 0 Å². The lowest BCUT2D eigenvalue weighted by molar-refractivity contribution is -0.384. The monoisotopic (exact) mass is 441 g/mol. The fourth-order valence-corrected chi connectivity index (χ4v) is 3.36. The maximum Gasteiger partial charge on any atom is 0.501 e. The topological polar surface area (TPSA) is 120 Å². The third kappa shape index (κ3) is 4.10. The fourth-order valence-electron chi connectivity index (χ4n) is 2.57. The van der Waals surface area contributed by atoms with Gasteiger partial charge in [0.15, 0.2) is 0 Å². The molecule has 30 heavy (non-hydrogen) atoms. The molecule has 0 spiro atoms. The number of para-hydroxylation sites is 1. The standard InChI is InChI=1S/C17H14F3N5O4S/c1-11(15-10-24(23-22-15)12-5-3-2-4-6-12)21-14-8-7-13(9-16(14)25(26)27)30(28,29)17(18,19)20/h2-11,21H,1H3.